The van der Waals surface area contributed by atoms with E-state index in [1.807, 2.05) is 18.2 Å². The Hall–Kier alpha value is -2.36. The molecule has 0 radical (unpaired) electrons. The monoisotopic (exact) mass is 552 g/mol. The first-order chi connectivity index (χ1) is 15.1. The summed E-state index contributed by atoms with van der Waals surface area (Å²) in [6, 6.07) is 14.2. The number of rotatable bonds is 5. The Morgan fingerprint density at radius 3 is 2.53 bits per heavy atom. The fourth-order valence-electron chi connectivity index (χ4n) is 4.53. The second-order valence-corrected chi connectivity index (χ2v) is 8.17. The third-order valence-electron chi connectivity index (χ3n) is 6.07. The molecule has 1 spiro atoms. The number of fused-ring (bicyclic) bond motifs is 1. The van der Waals surface area contributed by atoms with E-state index < -0.39 is 11.7 Å². The summed E-state index contributed by atoms with van der Waals surface area (Å²) in [7, 11) is 1.73. The van der Waals surface area contributed by atoms with Gasteiger partial charge in [-0.2, -0.15) is 0 Å². The highest BCUT2D eigenvalue weighted by Gasteiger charge is 2.43. The molecule has 1 aliphatic carbocycles. The van der Waals surface area contributed by atoms with Crippen LogP contribution in [0.5, 0.6) is 5.75 Å². The zero-order valence-corrected chi connectivity index (χ0v) is 20.5. The van der Waals surface area contributed by atoms with Crippen molar-refractivity contribution in [3.8, 4) is 5.75 Å². The Bertz CT molecular complexity index is 963. The molecule has 0 aromatic heterocycles. The van der Waals surface area contributed by atoms with Crippen molar-refractivity contribution in [2.45, 2.75) is 43.7 Å². The molecule has 1 atom stereocenters. The quantitative estimate of drug-likeness (QED) is 0.225. The van der Waals surface area contributed by atoms with Crippen molar-refractivity contribution in [1.29, 1.82) is 0 Å². The molecule has 1 amide bonds. The molecule has 2 aromatic carbocycles. The summed E-state index contributed by atoms with van der Waals surface area (Å²) < 4.78 is 20.1. The minimum Gasteiger partial charge on any atom is -0.487 e. The lowest BCUT2D eigenvalue weighted by molar-refractivity contribution is 0.0396. The Morgan fingerprint density at radius 1 is 1.09 bits per heavy atom. The van der Waals surface area contributed by atoms with Gasteiger partial charge in [0, 0.05) is 32.1 Å². The normalized spacial score (nSPS) is 18.8. The number of nitrogens with zero attached hydrogens (tertiary/aromatic N) is 1. The maximum Gasteiger partial charge on any atom is 0.254 e. The molecule has 1 fully saturated rings. The third-order valence-corrected chi connectivity index (χ3v) is 6.07. The average Bonchev–Trinajstić information content (AvgIpc) is 3.23. The van der Waals surface area contributed by atoms with E-state index in [9.17, 15) is 9.18 Å². The van der Waals surface area contributed by atoms with E-state index in [1.165, 1.54) is 25.0 Å². The number of para-hydroxylation sites is 1. The first-order valence-electron chi connectivity index (χ1n) is 10.9. The van der Waals surface area contributed by atoms with Gasteiger partial charge in [0.15, 0.2) is 5.96 Å². The summed E-state index contributed by atoms with van der Waals surface area (Å²) in [5.41, 5.74) is 1.08. The summed E-state index contributed by atoms with van der Waals surface area (Å²) in [5.74, 6) is 0.657. The number of ether oxygens (including phenoxy) is 1. The van der Waals surface area contributed by atoms with Crippen LogP contribution in [0.2, 0.25) is 0 Å². The summed E-state index contributed by atoms with van der Waals surface area (Å²) in [6.45, 7) is 0.818. The molecule has 4 rings (SSSR count). The number of benzene rings is 2. The van der Waals surface area contributed by atoms with Crippen LogP contribution in [-0.2, 0) is 0 Å². The Kier molecular flexibility index (Phi) is 8.33. The van der Waals surface area contributed by atoms with Gasteiger partial charge in [0.05, 0.1) is 11.6 Å². The molecule has 0 saturated heterocycles. The van der Waals surface area contributed by atoms with Gasteiger partial charge < -0.3 is 20.7 Å². The number of carbonyl (C=O) groups excluding carboxylic acids is 1. The number of aliphatic imine (C=N–C) groups is 1. The van der Waals surface area contributed by atoms with Crippen molar-refractivity contribution < 1.29 is 13.9 Å². The van der Waals surface area contributed by atoms with Crippen LogP contribution in [-0.4, -0.2) is 37.6 Å². The number of hydrogen-bond donors (Lipinski definition) is 3. The zero-order valence-electron chi connectivity index (χ0n) is 18.2. The average molecular weight is 552 g/mol. The SMILES string of the molecule is CN=C(NCCNC(=O)c1ccccc1F)NC1CC2(CCCC2)Oc2ccccc21.I. The maximum atomic E-state index is 13.7. The third kappa shape index (κ3) is 5.51. The van der Waals surface area contributed by atoms with Gasteiger partial charge in [-0.3, -0.25) is 9.79 Å². The number of hydrogen-bond acceptors (Lipinski definition) is 3. The molecule has 1 heterocycles. The van der Waals surface area contributed by atoms with Gasteiger partial charge in [-0.15, -0.1) is 24.0 Å². The van der Waals surface area contributed by atoms with Crippen molar-refractivity contribution in [3.63, 3.8) is 0 Å². The molecule has 8 heteroatoms. The summed E-state index contributed by atoms with van der Waals surface area (Å²) in [6.07, 6.45) is 5.45. The smallest absolute Gasteiger partial charge is 0.254 e. The van der Waals surface area contributed by atoms with E-state index in [1.54, 1.807) is 19.2 Å². The van der Waals surface area contributed by atoms with E-state index in [0.29, 0.717) is 19.0 Å². The van der Waals surface area contributed by atoms with Crippen LogP contribution in [0.3, 0.4) is 0 Å². The Morgan fingerprint density at radius 2 is 1.78 bits per heavy atom. The lowest BCUT2D eigenvalue weighted by Crippen LogP contribution is -2.47. The molecular weight excluding hydrogens is 522 g/mol. The highest BCUT2D eigenvalue weighted by atomic mass is 127. The van der Waals surface area contributed by atoms with Crippen LogP contribution < -0.4 is 20.7 Å². The maximum absolute atomic E-state index is 13.7. The van der Waals surface area contributed by atoms with Gasteiger partial charge in [-0.1, -0.05) is 30.3 Å². The van der Waals surface area contributed by atoms with Crippen molar-refractivity contribution in [1.82, 2.24) is 16.0 Å². The van der Waals surface area contributed by atoms with Crippen LogP contribution in [0.4, 0.5) is 4.39 Å². The zero-order chi connectivity index (χ0) is 21.7. The molecule has 1 unspecified atom stereocenters. The van der Waals surface area contributed by atoms with Crippen LogP contribution in [0, 0.1) is 5.82 Å². The van der Waals surface area contributed by atoms with Gasteiger partial charge in [-0.25, -0.2) is 4.39 Å². The van der Waals surface area contributed by atoms with Gasteiger partial charge >= 0.3 is 0 Å². The van der Waals surface area contributed by atoms with Gasteiger partial charge in [0.1, 0.15) is 17.2 Å². The topological polar surface area (TPSA) is 74.8 Å². The molecule has 2 aliphatic rings. The molecule has 32 heavy (non-hydrogen) atoms. The van der Waals surface area contributed by atoms with Gasteiger partial charge in [0.25, 0.3) is 5.91 Å². The van der Waals surface area contributed by atoms with Crippen molar-refractivity contribution in [2.24, 2.45) is 4.99 Å². The highest BCUT2D eigenvalue weighted by molar-refractivity contribution is 14.0. The minimum absolute atomic E-state index is 0. The summed E-state index contributed by atoms with van der Waals surface area (Å²) >= 11 is 0. The van der Waals surface area contributed by atoms with Crippen LogP contribution in [0.1, 0.15) is 54.1 Å². The molecule has 172 valence electrons. The first-order valence-corrected chi connectivity index (χ1v) is 10.9. The van der Waals surface area contributed by atoms with Gasteiger partial charge in [-0.05, 0) is 43.9 Å². The lowest BCUT2D eigenvalue weighted by Gasteiger charge is -2.40. The molecule has 2 aromatic rings. The summed E-state index contributed by atoms with van der Waals surface area (Å²) in [4.78, 5) is 16.5. The fourth-order valence-corrected chi connectivity index (χ4v) is 4.53. The van der Waals surface area contributed by atoms with Crippen molar-refractivity contribution in [2.75, 3.05) is 20.1 Å². The number of nitrogens with one attached hydrogen (secondary N) is 3. The number of halogens is 2. The van der Waals surface area contributed by atoms with E-state index in [2.05, 4.69) is 27.0 Å². The number of guanidine groups is 1. The standard InChI is InChI=1S/C24H29FN4O2.HI/c1-26-23(28-15-14-27-22(30)17-8-2-4-10-19(17)25)29-20-16-24(12-6-7-13-24)31-21-11-5-3-9-18(20)21;/h2-5,8-11,20H,6-7,12-16H2,1H3,(H,27,30)(H2,26,28,29);1H. The van der Waals surface area contributed by atoms with Crippen LogP contribution in [0.25, 0.3) is 0 Å². The second-order valence-electron chi connectivity index (χ2n) is 8.17. The molecule has 6 nitrogen and oxygen atoms in total. The molecule has 1 saturated carbocycles. The minimum atomic E-state index is -0.524. The first kappa shape index (κ1) is 24.3. The van der Waals surface area contributed by atoms with E-state index in [0.717, 1.165) is 30.6 Å². The predicted molar refractivity (Wildman–Crippen MR) is 134 cm³/mol. The Balaban J connectivity index is 0.00000289. The molecule has 3 N–H and O–H groups in total. The molecular formula is C24H30FIN4O2. The fraction of sp³-hybridized carbons (Fsp3) is 0.417. The predicted octanol–water partition coefficient (Wildman–Crippen LogP) is 4.18. The highest BCUT2D eigenvalue weighted by Crippen LogP contribution is 2.46. The number of amides is 1. The van der Waals surface area contributed by atoms with Crippen LogP contribution >= 0.6 is 24.0 Å². The second kappa shape index (κ2) is 11.0. The van der Waals surface area contributed by atoms with E-state index in [4.69, 9.17) is 4.74 Å². The molecule has 0 bridgehead atoms. The van der Waals surface area contributed by atoms with Crippen molar-refractivity contribution >= 4 is 35.8 Å². The Labute approximate surface area is 205 Å². The molecule has 1 aliphatic heterocycles. The van der Waals surface area contributed by atoms with E-state index in [-0.39, 0.29) is 41.2 Å². The lowest BCUT2D eigenvalue weighted by atomic mass is 9.86. The number of carbonyl (C=O) groups is 1. The largest absolute Gasteiger partial charge is 0.487 e. The van der Waals surface area contributed by atoms with Crippen LogP contribution in [0.15, 0.2) is 53.5 Å². The van der Waals surface area contributed by atoms with Gasteiger partial charge in [0.2, 0.25) is 0 Å². The summed E-state index contributed by atoms with van der Waals surface area (Å²) in [5, 5.41) is 9.50. The van der Waals surface area contributed by atoms with E-state index >= 15 is 0 Å². The van der Waals surface area contributed by atoms with Crippen molar-refractivity contribution in [3.05, 3.63) is 65.5 Å².